The van der Waals surface area contributed by atoms with Gasteiger partial charge in [0, 0.05) is 23.6 Å². The lowest BCUT2D eigenvalue weighted by atomic mass is 10.1. The van der Waals surface area contributed by atoms with Gasteiger partial charge in [0.1, 0.15) is 0 Å². The predicted molar refractivity (Wildman–Crippen MR) is 72.2 cm³/mol. The molecule has 0 amide bonds. The molecule has 0 bridgehead atoms. The molecule has 2 N–H and O–H groups in total. The van der Waals surface area contributed by atoms with E-state index < -0.39 is 0 Å². The van der Waals surface area contributed by atoms with Crippen LogP contribution in [0.3, 0.4) is 0 Å². The van der Waals surface area contributed by atoms with Gasteiger partial charge in [-0.1, -0.05) is 18.2 Å². The summed E-state index contributed by atoms with van der Waals surface area (Å²) in [4.78, 5) is 0. The van der Waals surface area contributed by atoms with Crippen LogP contribution in [0.5, 0.6) is 0 Å². The van der Waals surface area contributed by atoms with Crippen LogP contribution in [0.2, 0.25) is 0 Å². The Morgan fingerprint density at radius 1 is 1.25 bits per heavy atom. The molecule has 0 aliphatic rings. The molecule has 0 saturated carbocycles. The lowest BCUT2D eigenvalue weighted by Crippen LogP contribution is -1.99. The van der Waals surface area contributed by atoms with Crippen LogP contribution in [-0.4, -0.2) is 11.1 Å². The lowest BCUT2D eigenvalue weighted by Gasteiger charge is -1.98. The molecule has 0 fully saturated rings. The first-order valence-electron chi connectivity index (χ1n) is 5.63. The smallest absolute Gasteiger partial charge is 0.0483 e. The molecule has 0 radical (unpaired) electrons. The van der Waals surface area contributed by atoms with Crippen molar-refractivity contribution in [1.29, 1.82) is 0 Å². The average Bonchev–Trinajstić information content (AvgIpc) is 2.65. The number of hydrogen-bond acceptors (Lipinski definition) is 1. The van der Waals surface area contributed by atoms with E-state index in [2.05, 4.69) is 42.0 Å². The molecule has 0 aliphatic heterocycles. The molecule has 1 heterocycles. The van der Waals surface area contributed by atoms with Gasteiger partial charge in [0.2, 0.25) is 0 Å². The second-order valence-electron chi connectivity index (χ2n) is 3.85. The number of halogens is 1. The lowest BCUT2D eigenvalue weighted by molar-refractivity contribution is 0.781. The van der Waals surface area contributed by atoms with E-state index in [4.69, 9.17) is 5.73 Å². The normalized spacial score (nSPS) is 10.4. The Hall–Kier alpha value is -0.990. The molecule has 88 valence electrons. The topological polar surface area (TPSA) is 30.9 Å². The molecular weight excluding hydrogens is 220 g/mol. The molecular formula is C13H19ClN2. The molecule has 0 unspecified atom stereocenters. The highest BCUT2D eigenvalue weighted by atomic mass is 35.5. The van der Waals surface area contributed by atoms with Crippen LogP contribution in [0.1, 0.15) is 18.9 Å². The predicted octanol–water partition coefficient (Wildman–Crippen LogP) is 2.97. The first-order chi connectivity index (χ1) is 7.36. The van der Waals surface area contributed by atoms with Gasteiger partial charge in [-0.25, -0.2) is 0 Å². The van der Waals surface area contributed by atoms with E-state index >= 15 is 0 Å². The van der Waals surface area contributed by atoms with Gasteiger partial charge in [-0.3, -0.25) is 0 Å². The zero-order valence-electron chi connectivity index (χ0n) is 9.65. The fourth-order valence-electron chi connectivity index (χ4n) is 2.08. The van der Waals surface area contributed by atoms with Crippen molar-refractivity contribution in [3.8, 4) is 0 Å². The number of rotatable bonds is 4. The number of fused-ring (bicyclic) bond motifs is 1. The van der Waals surface area contributed by atoms with E-state index in [9.17, 15) is 0 Å². The summed E-state index contributed by atoms with van der Waals surface area (Å²) in [6.07, 6.45) is 4.42. The molecule has 3 heteroatoms. The molecule has 2 nitrogen and oxygen atoms in total. The standard InChI is InChI=1S/C13H18N2.ClH/c1-2-15-10-11(6-5-9-14)12-7-3-4-8-13(12)15;/h3-4,7-8,10H,2,5-6,9,14H2,1H3;1H. The minimum atomic E-state index is 0. The Morgan fingerprint density at radius 3 is 2.69 bits per heavy atom. The van der Waals surface area contributed by atoms with Crippen molar-refractivity contribution >= 4 is 23.3 Å². The summed E-state index contributed by atoms with van der Waals surface area (Å²) < 4.78 is 2.31. The summed E-state index contributed by atoms with van der Waals surface area (Å²) in [5, 5.41) is 1.38. The summed E-state index contributed by atoms with van der Waals surface area (Å²) >= 11 is 0. The summed E-state index contributed by atoms with van der Waals surface area (Å²) in [7, 11) is 0. The van der Waals surface area contributed by atoms with Gasteiger partial charge in [0.25, 0.3) is 0 Å². The fraction of sp³-hybridized carbons (Fsp3) is 0.385. The zero-order valence-corrected chi connectivity index (χ0v) is 10.5. The SMILES string of the molecule is CCn1cc(CCCN)c2ccccc21.Cl. The maximum absolute atomic E-state index is 5.55. The minimum absolute atomic E-state index is 0. The summed E-state index contributed by atoms with van der Waals surface area (Å²) in [5.41, 5.74) is 8.32. The third-order valence-electron chi connectivity index (χ3n) is 2.86. The molecule has 16 heavy (non-hydrogen) atoms. The Morgan fingerprint density at radius 2 is 2.00 bits per heavy atom. The highest BCUT2D eigenvalue weighted by Gasteiger charge is 2.05. The van der Waals surface area contributed by atoms with Gasteiger partial charge in [0.05, 0.1) is 0 Å². The minimum Gasteiger partial charge on any atom is -0.347 e. The maximum atomic E-state index is 5.55. The number of aryl methyl sites for hydroxylation is 2. The fourth-order valence-corrected chi connectivity index (χ4v) is 2.08. The van der Waals surface area contributed by atoms with Crippen molar-refractivity contribution in [2.45, 2.75) is 26.3 Å². The summed E-state index contributed by atoms with van der Waals surface area (Å²) in [5.74, 6) is 0. The van der Waals surface area contributed by atoms with E-state index in [1.54, 1.807) is 0 Å². The first-order valence-corrected chi connectivity index (χ1v) is 5.63. The van der Waals surface area contributed by atoms with Crippen LogP contribution in [0.4, 0.5) is 0 Å². The zero-order chi connectivity index (χ0) is 10.7. The van der Waals surface area contributed by atoms with Crippen LogP contribution in [0, 0.1) is 0 Å². The third kappa shape index (κ3) is 2.39. The van der Waals surface area contributed by atoms with E-state index in [0.717, 1.165) is 25.9 Å². The van der Waals surface area contributed by atoms with Gasteiger partial charge in [-0.15, -0.1) is 12.4 Å². The Balaban J connectivity index is 0.00000128. The monoisotopic (exact) mass is 238 g/mol. The molecule has 0 aliphatic carbocycles. The van der Waals surface area contributed by atoms with Crippen LogP contribution in [0.25, 0.3) is 10.9 Å². The second kappa shape index (κ2) is 5.92. The average molecular weight is 239 g/mol. The quantitative estimate of drug-likeness (QED) is 0.873. The number of benzene rings is 1. The Bertz CT molecular complexity index is 448. The number of nitrogens with zero attached hydrogens (tertiary/aromatic N) is 1. The summed E-state index contributed by atoms with van der Waals surface area (Å²) in [6, 6.07) is 8.59. The van der Waals surface area contributed by atoms with Gasteiger partial charge >= 0.3 is 0 Å². The number of para-hydroxylation sites is 1. The van der Waals surface area contributed by atoms with Crippen LogP contribution >= 0.6 is 12.4 Å². The second-order valence-corrected chi connectivity index (χ2v) is 3.85. The van der Waals surface area contributed by atoms with Crippen LogP contribution in [-0.2, 0) is 13.0 Å². The molecule has 0 atom stereocenters. The van der Waals surface area contributed by atoms with Gasteiger partial charge < -0.3 is 10.3 Å². The summed E-state index contributed by atoms with van der Waals surface area (Å²) in [6.45, 7) is 3.98. The largest absolute Gasteiger partial charge is 0.347 e. The third-order valence-corrected chi connectivity index (χ3v) is 2.86. The number of hydrogen-bond donors (Lipinski definition) is 1. The Kier molecular flexibility index (Phi) is 4.84. The van der Waals surface area contributed by atoms with E-state index in [-0.39, 0.29) is 12.4 Å². The van der Waals surface area contributed by atoms with E-state index in [1.807, 2.05) is 0 Å². The molecule has 1 aromatic carbocycles. The van der Waals surface area contributed by atoms with E-state index in [1.165, 1.54) is 16.5 Å². The maximum Gasteiger partial charge on any atom is 0.0483 e. The van der Waals surface area contributed by atoms with Crippen LogP contribution in [0.15, 0.2) is 30.5 Å². The van der Waals surface area contributed by atoms with Gasteiger partial charge in [-0.05, 0) is 37.9 Å². The first kappa shape index (κ1) is 13.1. The van der Waals surface area contributed by atoms with Crippen molar-refractivity contribution in [1.82, 2.24) is 4.57 Å². The van der Waals surface area contributed by atoms with Crippen LogP contribution < -0.4 is 5.73 Å². The molecule has 0 saturated heterocycles. The Labute approximate surface area is 103 Å². The van der Waals surface area contributed by atoms with E-state index in [0.29, 0.717) is 0 Å². The molecule has 2 rings (SSSR count). The van der Waals surface area contributed by atoms with Crippen molar-refractivity contribution in [3.63, 3.8) is 0 Å². The molecule has 2 aromatic rings. The van der Waals surface area contributed by atoms with Crippen molar-refractivity contribution in [2.75, 3.05) is 6.54 Å². The highest BCUT2D eigenvalue weighted by Crippen LogP contribution is 2.22. The number of nitrogens with two attached hydrogens (primary N) is 1. The molecule has 0 spiro atoms. The molecule has 1 aromatic heterocycles. The van der Waals surface area contributed by atoms with Crippen molar-refractivity contribution in [3.05, 3.63) is 36.0 Å². The van der Waals surface area contributed by atoms with Gasteiger partial charge in [0.15, 0.2) is 0 Å². The number of aromatic nitrogens is 1. The van der Waals surface area contributed by atoms with Crippen molar-refractivity contribution < 1.29 is 0 Å². The van der Waals surface area contributed by atoms with Crippen molar-refractivity contribution in [2.24, 2.45) is 5.73 Å². The van der Waals surface area contributed by atoms with Gasteiger partial charge in [-0.2, -0.15) is 0 Å². The highest BCUT2D eigenvalue weighted by molar-refractivity contribution is 5.85.